The number of hydrogen-bond donors (Lipinski definition) is 0. The third kappa shape index (κ3) is 5.52. The van der Waals surface area contributed by atoms with Crippen molar-refractivity contribution in [1.29, 1.82) is 0 Å². The molecule has 0 spiro atoms. The van der Waals surface area contributed by atoms with Gasteiger partial charge >= 0.3 is 0 Å². The monoisotopic (exact) mass is 539 g/mol. The number of aromatic nitrogens is 2. The number of benzene rings is 2. The number of rotatable bonds is 9. The highest BCUT2D eigenvalue weighted by atomic mass is 16.5. The standard InChI is InChI=1S/C33H41N5O2/c1-24-12-13-25(2)38(24)30-16-14-26(20-32(30)40-6)21-36-23-28-15-17-31(33(39)35(5)19-9-18-34(3)4)37(28)22-27-10-7-8-11-29(27)36/h7-8,10-17,20H,9,18-19,21-23H2,1-6H3. The molecule has 0 aliphatic carbocycles. The number of aryl methyl sites for hydroxylation is 2. The molecule has 40 heavy (non-hydrogen) atoms. The van der Waals surface area contributed by atoms with Gasteiger partial charge in [-0.3, -0.25) is 4.79 Å². The van der Waals surface area contributed by atoms with E-state index in [0.717, 1.165) is 48.9 Å². The number of methoxy groups -OCH3 is 1. The molecule has 5 rings (SSSR count). The zero-order valence-electron chi connectivity index (χ0n) is 24.6. The molecule has 1 amide bonds. The molecule has 0 bridgehead atoms. The predicted octanol–water partition coefficient (Wildman–Crippen LogP) is 5.50. The smallest absolute Gasteiger partial charge is 0.270 e. The van der Waals surface area contributed by atoms with E-state index in [9.17, 15) is 4.79 Å². The van der Waals surface area contributed by atoms with E-state index in [-0.39, 0.29) is 5.91 Å². The van der Waals surface area contributed by atoms with Crippen LogP contribution in [0.2, 0.25) is 0 Å². The lowest BCUT2D eigenvalue weighted by atomic mass is 10.1. The highest BCUT2D eigenvalue weighted by Gasteiger charge is 2.25. The molecule has 0 radical (unpaired) electrons. The van der Waals surface area contributed by atoms with Crippen LogP contribution in [-0.2, 0) is 19.6 Å². The Kier molecular flexibility index (Phi) is 8.03. The fourth-order valence-corrected chi connectivity index (χ4v) is 5.76. The third-order valence-corrected chi connectivity index (χ3v) is 7.88. The Bertz CT molecular complexity index is 1480. The molecule has 7 heteroatoms. The van der Waals surface area contributed by atoms with Gasteiger partial charge in [0, 0.05) is 42.9 Å². The van der Waals surface area contributed by atoms with Gasteiger partial charge in [0.1, 0.15) is 11.4 Å². The van der Waals surface area contributed by atoms with E-state index < -0.39 is 0 Å². The zero-order chi connectivity index (χ0) is 28.4. The van der Waals surface area contributed by atoms with Crippen molar-refractivity contribution in [3.8, 4) is 11.4 Å². The molecule has 210 valence electrons. The first-order valence-electron chi connectivity index (χ1n) is 14.0. The molecule has 7 nitrogen and oxygen atoms in total. The lowest BCUT2D eigenvalue weighted by Gasteiger charge is -2.25. The second-order valence-corrected chi connectivity index (χ2v) is 11.1. The summed E-state index contributed by atoms with van der Waals surface area (Å²) in [6.45, 7) is 8.05. The number of carbonyl (C=O) groups excluding carboxylic acids is 1. The lowest BCUT2D eigenvalue weighted by molar-refractivity contribution is 0.0780. The van der Waals surface area contributed by atoms with Crippen molar-refractivity contribution >= 4 is 11.6 Å². The van der Waals surface area contributed by atoms with Crippen LogP contribution in [0.4, 0.5) is 5.69 Å². The topological polar surface area (TPSA) is 45.9 Å². The molecule has 0 saturated carbocycles. The van der Waals surface area contributed by atoms with Crippen LogP contribution in [0.25, 0.3) is 5.69 Å². The quantitative estimate of drug-likeness (QED) is 0.282. The number of amides is 1. The highest BCUT2D eigenvalue weighted by Crippen LogP contribution is 2.33. The fourth-order valence-electron chi connectivity index (χ4n) is 5.76. The number of ether oxygens (including phenoxy) is 1. The second kappa shape index (κ2) is 11.6. The van der Waals surface area contributed by atoms with Crippen LogP contribution in [0.3, 0.4) is 0 Å². The SMILES string of the molecule is COc1cc(CN2Cc3ccc(C(=O)N(C)CCCN(C)C)n3Cc3ccccc32)ccc1-n1c(C)ccc1C. The Hall–Kier alpha value is -3.97. The molecule has 4 aromatic rings. The first-order valence-corrected chi connectivity index (χ1v) is 14.0. The maximum absolute atomic E-state index is 13.5. The van der Waals surface area contributed by atoms with Crippen molar-refractivity contribution in [3.05, 3.63) is 101 Å². The molecule has 0 atom stereocenters. The molecule has 1 aliphatic heterocycles. The van der Waals surface area contributed by atoms with Crippen molar-refractivity contribution in [2.24, 2.45) is 0 Å². The van der Waals surface area contributed by atoms with Gasteiger partial charge in [0.2, 0.25) is 0 Å². The highest BCUT2D eigenvalue weighted by molar-refractivity contribution is 5.93. The summed E-state index contributed by atoms with van der Waals surface area (Å²) in [5.41, 5.74) is 8.89. The van der Waals surface area contributed by atoms with Crippen molar-refractivity contribution in [2.45, 2.75) is 39.9 Å². The minimum absolute atomic E-state index is 0.0758. The average Bonchev–Trinajstić information content (AvgIpc) is 3.44. The van der Waals surface area contributed by atoms with Gasteiger partial charge in [0.05, 0.1) is 25.9 Å². The van der Waals surface area contributed by atoms with Crippen molar-refractivity contribution in [2.75, 3.05) is 46.2 Å². The molecule has 0 N–H and O–H groups in total. The summed E-state index contributed by atoms with van der Waals surface area (Å²) in [6, 6.07) is 23.4. The van der Waals surface area contributed by atoms with E-state index in [4.69, 9.17) is 4.74 Å². The number of hydrogen-bond acceptors (Lipinski definition) is 4. The molecule has 3 heterocycles. The summed E-state index contributed by atoms with van der Waals surface area (Å²) in [5.74, 6) is 0.934. The van der Waals surface area contributed by atoms with Crippen LogP contribution in [-0.4, -0.2) is 66.2 Å². The van der Waals surface area contributed by atoms with E-state index >= 15 is 0 Å². The minimum Gasteiger partial charge on any atom is -0.495 e. The van der Waals surface area contributed by atoms with Crippen LogP contribution in [0.1, 0.15) is 45.1 Å². The van der Waals surface area contributed by atoms with Crippen LogP contribution >= 0.6 is 0 Å². The van der Waals surface area contributed by atoms with E-state index in [0.29, 0.717) is 13.1 Å². The Labute approximate surface area is 238 Å². The maximum Gasteiger partial charge on any atom is 0.270 e. The Morgan fingerprint density at radius 2 is 1.62 bits per heavy atom. The van der Waals surface area contributed by atoms with Crippen LogP contribution < -0.4 is 9.64 Å². The average molecular weight is 540 g/mol. The molecule has 2 aromatic carbocycles. The summed E-state index contributed by atoms with van der Waals surface area (Å²) in [6.07, 6.45) is 0.950. The van der Waals surface area contributed by atoms with Gasteiger partial charge in [-0.2, -0.15) is 0 Å². The van der Waals surface area contributed by atoms with Crippen LogP contribution in [0.5, 0.6) is 5.75 Å². The molecule has 1 aliphatic rings. The van der Waals surface area contributed by atoms with E-state index in [2.05, 4.69) is 108 Å². The van der Waals surface area contributed by atoms with Crippen molar-refractivity contribution in [3.63, 3.8) is 0 Å². The number of para-hydroxylation sites is 1. The van der Waals surface area contributed by atoms with Gasteiger partial charge in [-0.25, -0.2) is 0 Å². The predicted molar refractivity (Wildman–Crippen MR) is 162 cm³/mol. The molecular weight excluding hydrogens is 498 g/mol. The number of carbonyl (C=O) groups is 1. The van der Waals surface area contributed by atoms with Gasteiger partial charge in [-0.15, -0.1) is 0 Å². The fraction of sp³-hybridized carbons (Fsp3) is 0.364. The summed E-state index contributed by atoms with van der Waals surface area (Å²) in [7, 11) is 7.77. The summed E-state index contributed by atoms with van der Waals surface area (Å²) < 4.78 is 10.3. The number of fused-ring (bicyclic) bond motifs is 2. The van der Waals surface area contributed by atoms with Crippen molar-refractivity contribution in [1.82, 2.24) is 18.9 Å². The van der Waals surface area contributed by atoms with Crippen LogP contribution in [0, 0.1) is 13.8 Å². The van der Waals surface area contributed by atoms with E-state index in [1.54, 1.807) is 7.11 Å². The normalized spacial score (nSPS) is 12.7. The Morgan fingerprint density at radius 1 is 0.875 bits per heavy atom. The first-order chi connectivity index (χ1) is 19.3. The summed E-state index contributed by atoms with van der Waals surface area (Å²) in [4.78, 5) is 19.9. The maximum atomic E-state index is 13.5. The molecule has 0 saturated heterocycles. The summed E-state index contributed by atoms with van der Waals surface area (Å²) >= 11 is 0. The zero-order valence-corrected chi connectivity index (χ0v) is 24.6. The third-order valence-electron chi connectivity index (χ3n) is 7.88. The van der Waals surface area contributed by atoms with Gasteiger partial charge in [-0.05, 0) is 94.5 Å². The van der Waals surface area contributed by atoms with Gasteiger partial charge in [0.25, 0.3) is 5.91 Å². The van der Waals surface area contributed by atoms with Crippen LogP contribution in [0.15, 0.2) is 66.7 Å². The Balaban J connectivity index is 1.43. The number of nitrogens with zero attached hydrogens (tertiary/aromatic N) is 5. The second-order valence-electron chi connectivity index (χ2n) is 11.1. The molecule has 0 unspecified atom stereocenters. The van der Waals surface area contributed by atoms with Gasteiger partial charge in [-0.1, -0.05) is 24.3 Å². The molecule has 2 aromatic heterocycles. The van der Waals surface area contributed by atoms with Gasteiger partial charge < -0.3 is 28.6 Å². The Morgan fingerprint density at radius 3 is 2.35 bits per heavy atom. The van der Waals surface area contributed by atoms with E-state index in [1.165, 1.54) is 28.2 Å². The number of anilines is 1. The molecular formula is C33H41N5O2. The van der Waals surface area contributed by atoms with Gasteiger partial charge in [0.15, 0.2) is 0 Å². The minimum atomic E-state index is 0.0758. The molecule has 0 fully saturated rings. The van der Waals surface area contributed by atoms with Crippen molar-refractivity contribution < 1.29 is 9.53 Å². The lowest BCUT2D eigenvalue weighted by Crippen LogP contribution is -2.31. The summed E-state index contributed by atoms with van der Waals surface area (Å²) in [5, 5.41) is 0. The first kappa shape index (κ1) is 27.6. The van der Waals surface area contributed by atoms with E-state index in [1.807, 2.05) is 18.0 Å². The largest absolute Gasteiger partial charge is 0.495 e.